The van der Waals surface area contributed by atoms with Gasteiger partial charge >= 0.3 is 0 Å². The molecule has 0 aliphatic carbocycles. The summed E-state index contributed by atoms with van der Waals surface area (Å²) in [5.74, 6) is 0.182. The van der Waals surface area contributed by atoms with Gasteiger partial charge in [0.2, 0.25) is 5.91 Å². The number of benzene rings is 1. The molecule has 1 aromatic carbocycles. The third kappa shape index (κ3) is 1.31. The SMILES string of the molecule is [C-]#[N+]c1ccc2c(c1)C1(CCNCC1)C(=O)N2C. The maximum absolute atomic E-state index is 12.6. The molecular formula is C14H15N3O. The van der Waals surface area contributed by atoms with Crippen LogP contribution in [0.1, 0.15) is 18.4 Å². The monoisotopic (exact) mass is 241 g/mol. The van der Waals surface area contributed by atoms with Crippen LogP contribution in [0.4, 0.5) is 11.4 Å². The average Bonchev–Trinajstić information content (AvgIpc) is 2.63. The van der Waals surface area contributed by atoms with Gasteiger partial charge in [-0.2, -0.15) is 0 Å². The maximum atomic E-state index is 12.6. The zero-order chi connectivity index (χ0) is 12.8. The number of fused-ring (bicyclic) bond motifs is 2. The van der Waals surface area contributed by atoms with E-state index in [4.69, 9.17) is 6.57 Å². The quantitative estimate of drug-likeness (QED) is 0.704. The van der Waals surface area contributed by atoms with Crippen LogP contribution >= 0.6 is 0 Å². The summed E-state index contributed by atoms with van der Waals surface area (Å²) in [5.41, 5.74) is 2.24. The predicted molar refractivity (Wildman–Crippen MR) is 69.9 cm³/mol. The third-order valence-corrected chi connectivity index (χ3v) is 4.16. The molecule has 4 nitrogen and oxygen atoms in total. The normalized spacial score (nSPS) is 20.9. The summed E-state index contributed by atoms with van der Waals surface area (Å²) >= 11 is 0. The zero-order valence-corrected chi connectivity index (χ0v) is 10.4. The second kappa shape index (κ2) is 3.82. The number of likely N-dealkylation sites (N-methyl/N-ethyl adjacent to an activating group) is 1. The highest BCUT2D eigenvalue weighted by molar-refractivity contribution is 6.08. The predicted octanol–water partition coefficient (Wildman–Crippen LogP) is 1.83. The minimum atomic E-state index is -0.393. The van der Waals surface area contributed by atoms with Gasteiger partial charge in [-0.1, -0.05) is 12.1 Å². The molecule has 0 atom stereocenters. The standard InChI is InChI=1S/C14H15N3O/c1-15-10-3-4-12-11(9-10)14(13(18)17(12)2)5-7-16-8-6-14/h3-4,9,16H,5-8H2,2H3. The second-order valence-electron chi connectivity index (χ2n) is 5.01. The third-order valence-electron chi connectivity index (χ3n) is 4.16. The lowest BCUT2D eigenvalue weighted by Crippen LogP contribution is -2.46. The van der Waals surface area contributed by atoms with Gasteiger partial charge in [0.15, 0.2) is 5.69 Å². The molecule has 0 bridgehead atoms. The summed E-state index contributed by atoms with van der Waals surface area (Å²) in [6, 6.07) is 5.59. The van der Waals surface area contributed by atoms with Crippen molar-refractivity contribution in [2.75, 3.05) is 25.0 Å². The van der Waals surface area contributed by atoms with Gasteiger partial charge in [0, 0.05) is 12.7 Å². The lowest BCUT2D eigenvalue weighted by Gasteiger charge is -2.32. The minimum absolute atomic E-state index is 0.182. The number of carbonyl (C=O) groups excluding carboxylic acids is 1. The average molecular weight is 241 g/mol. The molecule has 0 aromatic heterocycles. The van der Waals surface area contributed by atoms with Crippen LogP contribution in [0.2, 0.25) is 0 Å². The van der Waals surface area contributed by atoms with Crippen LogP contribution in [0.25, 0.3) is 4.85 Å². The van der Waals surface area contributed by atoms with E-state index in [1.54, 1.807) is 11.0 Å². The molecule has 1 fully saturated rings. The molecule has 1 aromatic rings. The fourth-order valence-electron chi connectivity index (χ4n) is 3.15. The molecule has 0 saturated carbocycles. The van der Waals surface area contributed by atoms with Crippen LogP contribution < -0.4 is 10.2 Å². The number of rotatable bonds is 0. The molecule has 1 amide bonds. The van der Waals surface area contributed by atoms with Crippen molar-refractivity contribution in [1.82, 2.24) is 5.32 Å². The first-order chi connectivity index (χ1) is 8.69. The van der Waals surface area contributed by atoms with E-state index in [1.165, 1.54) is 0 Å². The fraction of sp³-hybridized carbons (Fsp3) is 0.429. The van der Waals surface area contributed by atoms with Crippen molar-refractivity contribution in [3.05, 3.63) is 35.2 Å². The van der Waals surface area contributed by atoms with E-state index < -0.39 is 5.41 Å². The van der Waals surface area contributed by atoms with Crippen LogP contribution in [-0.2, 0) is 10.2 Å². The van der Waals surface area contributed by atoms with Gasteiger partial charge in [-0.05, 0) is 37.6 Å². The van der Waals surface area contributed by atoms with Gasteiger partial charge in [0.05, 0.1) is 12.0 Å². The van der Waals surface area contributed by atoms with Crippen LogP contribution in [-0.4, -0.2) is 26.0 Å². The summed E-state index contributed by atoms with van der Waals surface area (Å²) in [5, 5.41) is 3.30. The Hall–Kier alpha value is -1.86. The Labute approximate surface area is 106 Å². The number of piperidine rings is 1. The first-order valence-corrected chi connectivity index (χ1v) is 6.20. The highest BCUT2D eigenvalue weighted by atomic mass is 16.2. The fourth-order valence-corrected chi connectivity index (χ4v) is 3.15. The van der Waals surface area contributed by atoms with E-state index in [0.29, 0.717) is 5.69 Å². The van der Waals surface area contributed by atoms with Crippen molar-refractivity contribution < 1.29 is 4.79 Å². The molecule has 18 heavy (non-hydrogen) atoms. The first kappa shape index (κ1) is 11.2. The molecule has 1 spiro atoms. The van der Waals surface area contributed by atoms with Crippen LogP contribution in [0, 0.1) is 6.57 Å². The zero-order valence-electron chi connectivity index (χ0n) is 10.4. The van der Waals surface area contributed by atoms with Gasteiger partial charge in [-0.25, -0.2) is 4.85 Å². The van der Waals surface area contributed by atoms with Crippen LogP contribution in [0.15, 0.2) is 18.2 Å². The molecule has 0 unspecified atom stereocenters. The van der Waals surface area contributed by atoms with E-state index in [0.717, 1.165) is 37.2 Å². The first-order valence-electron chi connectivity index (χ1n) is 6.20. The van der Waals surface area contributed by atoms with Gasteiger partial charge in [0.25, 0.3) is 0 Å². The van der Waals surface area contributed by atoms with Crippen molar-refractivity contribution in [3.8, 4) is 0 Å². The lowest BCUT2D eigenvalue weighted by molar-refractivity contribution is -0.123. The van der Waals surface area contributed by atoms with Crippen LogP contribution in [0.5, 0.6) is 0 Å². The van der Waals surface area contributed by atoms with Crippen LogP contribution in [0.3, 0.4) is 0 Å². The maximum Gasteiger partial charge on any atom is 0.237 e. The molecule has 2 heterocycles. The number of anilines is 1. The van der Waals surface area contributed by atoms with Gasteiger partial charge in [-0.15, -0.1) is 0 Å². The van der Waals surface area contributed by atoms with Gasteiger partial charge in [0.1, 0.15) is 0 Å². The molecule has 3 rings (SSSR count). The molecule has 0 radical (unpaired) electrons. The van der Waals surface area contributed by atoms with E-state index in [-0.39, 0.29) is 5.91 Å². The Morgan fingerprint density at radius 2 is 2.11 bits per heavy atom. The Bertz CT molecular complexity index is 553. The number of amides is 1. The number of hydrogen-bond donors (Lipinski definition) is 1. The van der Waals surface area contributed by atoms with E-state index >= 15 is 0 Å². The van der Waals surface area contributed by atoms with Gasteiger partial charge in [-0.3, -0.25) is 4.79 Å². The summed E-state index contributed by atoms with van der Waals surface area (Å²) < 4.78 is 0. The molecule has 92 valence electrons. The van der Waals surface area contributed by atoms with Crippen molar-refractivity contribution in [2.45, 2.75) is 18.3 Å². The number of carbonyl (C=O) groups is 1. The smallest absolute Gasteiger partial charge is 0.237 e. The van der Waals surface area contributed by atoms with E-state index in [2.05, 4.69) is 10.2 Å². The Kier molecular flexibility index (Phi) is 2.39. The Morgan fingerprint density at radius 1 is 1.39 bits per heavy atom. The van der Waals surface area contributed by atoms with Gasteiger partial charge < -0.3 is 10.2 Å². The largest absolute Gasteiger partial charge is 0.317 e. The van der Waals surface area contributed by atoms with Crippen molar-refractivity contribution >= 4 is 17.3 Å². The number of hydrogen-bond acceptors (Lipinski definition) is 2. The molecule has 1 N–H and O–H groups in total. The molecule has 4 heteroatoms. The highest BCUT2D eigenvalue weighted by Gasteiger charge is 2.49. The van der Waals surface area contributed by atoms with E-state index in [1.807, 2.05) is 19.2 Å². The lowest BCUT2D eigenvalue weighted by atomic mass is 9.74. The summed E-state index contributed by atoms with van der Waals surface area (Å²) in [6.45, 7) is 8.85. The summed E-state index contributed by atoms with van der Waals surface area (Å²) in [4.78, 5) is 17.8. The van der Waals surface area contributed by atoms with Crippen molar-refractivity contribution in [2.24, 2.45) is 0 Å². The second-order valence-corrected chi connectivity index (χ2v) is 5.01. The number of nitrogens with one attached hydrogen (secondary N) is 1. The minimum Gasteiger partial charge on any atom is -0.317 e. The van der Waals surface area contributed by atoms with Crippen molar-refractivity contribution in [3.63, 3.8) is 0 Å². The highest BCUT2D eigenvalue weighted by Crippen LogP contribution is 2.47. The summed E-state index contributed by atoms with van der Waals surface area (Å²) in [6.07, 6.45) is 1.65. The molecule has 1 saturated heterocycles. The molecule has 2 aliphatic heterocycles. The topological polar surface area (TPSA) is 36.7 Å². The number of nitrogens with zero attached hydrogens (tertiary/aromatic N) is 2. The Balaban J connectivity index is 2.18. The molecular weight excluding hydrogens is 226 g/mol. The van der Waals surface area contributed by atoms with Crippen molar-refractivity contribution in [1.29, 1.82) is 0 Å². The molecule has 2 aliphatic rings. The van der Waals surface area contributed by atoms with E-state index in [9.17, 15) is 4.79 Å². The Morgan fingerprint density at radius 3 is 2.78 bits per heavy atom. The summed E-state index contributed by atoms with van der Waals surface area (Å²) in [7, 11) is 1.83.